The van der Waals surface area contributed by atoms with Crippen molar-refractivity contribution >= 4 is 27.5 Å². The summed E-state index contributed by atoms with van der Waals surface area (Å²) in [6, 6.07) is 8.94. The van der Waals surface area contributed by atoms with Crippen LogP contribution in [0.15, 0.2) is 53.2 Å². The van der Waals surface area contributed by atoms with Crippen LogP contribution in [0.5, 0.6) is 0 Å². The zero-order valence-electron chi connectivity index (χ0n) is 9.61. The quantitative estimate of drug-likeness (QED) is 0.380. The van der Waals surface area contributed by atoms with E-state index in [-0.39, 0.29) is 5.57 Å². The molecule has 0 fully saturated rings. The van der Waals surface area contributed by atoms with Gasteiger partial charge in [0.2, 0.25) is 0 Å². The van der Waals surface area contributed by atoms with E-state index in [1.165, 1.54) is 6.20 Å². The lowest BCUT2D eigenvalue weighted by Crippen LogP contribution is -2.16. The lowest BCUT2D eigenvalue weighted by Gasteiger charge is -2.04. The fourth-order valence-corrected chi connectivity index (χ4v) is 1.39. The van der Waals surface area contributed by atoms with Gasteiger partial charge in [-0.15, -0.1) is 6.58 Å². The first-order valence-corrected chi connectivity index (χ1v) is 5.98. The Kier molecular flexibility index (Phi) is 5.68. The standard InChI is InChI=1S/C13H12BrN3O/c1-2-7-16-9-10(8-15)13(18)17-12-5-3-11(14)4-6-12/h2-6,9,16H,1,7H2,(H,17,18)/b10-9-. The van der Waals surface area contributed by atoms with Crippen molar-refractivity contribution in [2.75, 3.05) is 11.9 Å². The highest BCUT2D eigenvalue weighted by Gasteiger charge is 2.08. The van der Waals surface area contributed by atoms with Crippen LogP contribution in [0, 0.1) is 11.3 Å². The predicted octanol–water partition coefficient (Wildman–Crippen LogP) is 2.57. The van der Waals surface area contributed by atoms with E-state index in [9.17, 15) is 4.79 Å². The zero-order valence-corrected chi connectivity index (χ0v) is 11.2. The molecule has 1 aromatic carbocycles. The molecule has 18 heavy (non-hydrogen) atoms. The van der Waals surface area contributed by atoms with Gasteiger partial charge in [0.1, 0.15) is 11.6 Å². The first-order chi connectivity index (χ1) is 8.67. The van der Waals surface area contributed by atoms with Crippen molar-refractivity contribution in [3.63, 3.8) is 0 Å². The van der Waals surface area contributed by atoms with Gasteiger partial charge in [0, 0.05) is 22.9 Å². The Balaban J connectivity index is 2.68. The molecule has 5 heteroatoms. The van der Waals surface area contributed by atoms with Gasteiger partial charge >= 0.3 is 0 Å². The van der Waals surface area contributed by atoms with Crippen molar-refractivity contribution in [3.05, 3.63) is 53.2 Å². The first-order valence-electron chi connectivity index (χ1n) is 5.19. The Bertz CT molecular complexity index is 500. The van der Waals surface area contributed by atoms with Gasteiger partial charge in [-0.3, -0.25) is 4.79 Å². The van der Waals surface area contributed by atoms with Gasteiger partial charge in [-0.05, 0) is 24.3 Å². The average Bonchev–Trinajstić information content (AvgIpc) is 2.37. The van der Waals surface area contributed by atoms with E-state index in [1.807, 2.05) is 6.07 Å². The summed E-state index contributed by atoms with van der Waals surface area (Å²) >= 11 is 3.30. The summed E-state index contributed by atoms with van der Waals surface area (Å²) in [4.78, 5) is 11.7. The molecule has 4 nitrogen and oxygen atoms in total. The Morgan fingerprint density at radius 1 is 1.44 bits per heavy atom. The van der Waals surface area contributed by atoms with Crippen molar-refractivity contribution < 1.29 is 4.79 Å². The van der Waals surface area contributed by atoms with Crippen LogP contribution in [0.2, 0.25) is 0 Å². The Morgan fingerprint density at radius 3 is 2.67 bits per heavy atom. The van der Waals surface area contributed by atoms with Crippen molar-refractivity contribution in [1.29, 1.82) is 5.26 Å². The molecule has 0 aromatic heterocycles. The maximum absolute atomic E-state index is 11.7. The van der Waals surface area contributed by atoms with Gasteiger partial charge in [-0.1, -0.05) is 22.0 Å². The molecule has 0 saturated carbocycles. The van der Waals surface area contributed by atoms with E-state index < -0.39 is 5.91 Å². The molecule has 0 bridgehead atoms. The van der Waals surface area contributed by atoms with Crippen LogP contribution in [0.4, 0.5) is 5.69 Å². The third kappa shape index (κ3) is 4.44. The molecule has 1 amide bonds. The van der Waals surface area contributed by atoms with Crippen molar-refractivity contribution in [2.45, 2.75) is 0 Å². The predicted molar refractivity (Wildman–Crippen MR) is 74.7 cm³/mol. The van der Waals surface area contributed by atoms with Gasteiger partial charge < -0.3 is 10.6 Å². The van der Waals surface area contributed by atoms with E-state index in [2.05, 4.69) is 33.1 Å². The smallest absolute Gasteiger partial charge is 0.267 e. The van der Waals surface area contributed by atoms with E-state index in [4.69, 9.17) is 5.26 Å². The SMILES string of the molecule is C=CCN/C=C(/C#N)C(=O)Nc1ccc(Br)cc1. The maximum atomic E-state index is 11.7. The Hall–Kier alpha value is -2.06. The molecule has 0 atom stereocenters. The Morgan fingerprint density at radius 2 is 2.11 bits per heavy atom. The number of nitrogens with one attached hydrogen (secondary N) is 2. The molecule has 0 aliphatic carbocycles. The summed E-state index contributed by atoms with van der Waals surface area (Å²) in [7, 11) is 0. The normalized spacial score (nSPS) is 10.3. The average molecular weight is 306 g/mol. The summed E-state index contributed by atoms with van der Waals surface area (Å²) in [5.41, 5.74) is 0.646. The zero-order chi connectivity index (χ0) is 13.4. The molecular formula is C13H12BrN3O. The van der Waals surface area contributed by atoms with Gasteiger partial charge in [-0.2, -0.15) is 5.26 Å². The summed E-state index contributed by atoms with van der Waals surface area (Å²) in [5.74, 6) is -0.448. The molecule has 0 aliphatic rings. The fraction of sp³-hybridized carbons (Fsp3) is 0.0769. The lowest BCUT2D eigenvalue weighted by molar-refractivity contribution is -0.112. The third-order valence-corrected chi connectivity index (χ3v) is 2.50. The van der Waals surface area contributed by atoms with Crippen LogP contribution in [-0.2, 0) is 4.79 Å². The van der Waals surface area contributed by atoms with Crippen LogP contribution in [0.1, 0.15) is 0 Å². The summed E-state index contributed by atoms with van der Waals surface area (Å²) in [5, 5.41) is 14.3. The van der Waals surface area contributed by atoms with Crippen molar-refractivity contribution in [3.8, 4) is 6.07 Å². The number of rotatable bonds is 5. The molecule has 1 aromatic rings. The molecule has 0 unspecified atom stereocenters. The fourth-order valence-electron chi connectivity index (χ4n) is 1.12. The monoisotopic (exact) mass is 305 g/mol. The highest BCUT2D eigenvalue weighted by Crippen LogP contribution is 2.14. The summed E-state index contributed by atoms with van der Waals surface area (Å²) in [6.45, 7) is 4.02. The minimum Gasteiger partial charge on any atom is -0.386 e. The summed E-state index contributed by atoms with van der Waals surface area (Å²) in [6.07, 6.45) is 3.01. The van der Waals surface area contributed by atoms with E-state index >= 15 is 0 Å². The molecule has 92 valence electrons. The summed E-state index contributed by atoms with van der Waals surface area (Å²) < 4.78 is 0.921. The number of carbonyl (C=O) groups excluding carboxylic acids is 1. The molecule has 0 spiro atoms. The number of nitriles is 1. The molecular weight excluding hydrogens is 294 g/mol. The van der Waals surface area contributed by atoms with Crippen LogP contribution in [0.25, 0.3) is 0 Å². The second kappa shape index (κ2) is 7.30. The molecule has 2 N–H and O–H groups in total. The molecule has 0 aliphatic heterocycles. The second-order valence-electron chi connectivity index (χ2n) is 3.33. The number of hydrogen-bond acceptors (Lipinski definition) is 3. The highest BCUT2D eigenvalue weighted by atomic mass is 79.9. The van der Waals surface area contributed by atoms with E-state index in [0.717, 1.165) is 4.47 Å². The Labute approximate surface area is 114 Å². The number of carbonyl (C=O) groups is 1. The van der Waals surface area contributed by atoms with Gasteiger partial charge in [0.25, 0.3) is 5.91 Å². The van der Waals surface area contributed by atoms with Crippen LogP contribution in [0.3, 0.4) is 0 Å². The highest BCUT2D eigenvalue weighted by molar-refractivity contribution is 9.10. The molecule has 0 heterocycles. The van der Waals surface area contributed by atoms with Crippen LogP contribution < -0.4 is 10.6 Å². The number of hydrogen-bond donors (Lipinski definition) is 2. The molecule has 0 saturated heterocycles. The lowest BCUT2D eigenvalue weighted by atomic mass is 10.2. The van der Waals surface area contributed by atoms with Crippen molar-refractivity contribution in [2.24, 2.45) is 0 Å². The topological polar surface area (TPSA) is 64.9 Å². The first kappa shape index (κ1) is 14.0. The van der Waals surface area contributed by atoms with E-state index in [1.54, 1.807) is 30.3 Å². The van der Waals surface area contributed by atoms with Crippen LogP contribution >= 0.6 is 15.9 Å². The number of anilines is 1. The minimum atomic E-state index is -0.448. The third-order valence-electron chi connectivity index (χ3n) is 1.98. The molecule has 1 rings (SSSR count). The van der Waals surface area contributed by atoms with Gasteiger partial charge in [0.15, 0.2) is 0 Å². The van der Waals surface area contributed by atoms with Crippen molar-refractivity contribution in [1.82, 2.24) is 5.32 Å². The van der Waals surface area contributed by atoms with E-state index in [0.29, 0.717) is 12.2 Å². The number of benzene rings is 1. The second-order valence-corrected chi connectivity index (χ2v) is 4.24. The van der Waals surface area contributed by atoms with Gasteiger partial charge in [0.05, 0.1) is 0 Å². The maximum Gasteiger partial charge on any atom is 0.267 e. The van der Waals surface area contributed by atoms with Crippen LogP contribution in [-0.4, -0.2) is 12.5 Å². The number of amides is 1. The van der Waals surface area contributed by atoms with Gasteiger partial charge in [-0.25, -0.2) is 0 Å². The number of halogens is 1. The number of nitrogens with zero attached hydrogens (tertiary/aromatic N) is 1. The molecule has 0 radical (unpaired) electrons. The largest absolute Gasteiger partial charge is 0.386 e. The minimum absolute atomic E-state index is 0.0137.